The van der Waals surface area contributed by atoms with Crippen molar-refractivity contribution in [1.82, 2.24) is 10.1 Å². The molecule has 1 heterocycles. The Hall–Kier alpha value is -0.940. The van der Waals surface area contributed by atoms with Gasteiger partial charge in [0.1, 0.15) is 6.10 Å². The van der Waals surface area contributed by atoms with E-state index >= 15 is 0 Å². The molecule has 1 N–H and O–H groups in total. The van der Waals surface area contributed by atoms with E-state index in [0.717, 1.165) is 6.42 Å². The molecule has 3 atom stereocenters. The first-order chi connectivity index (χ1) is 10.2. The molecule has 5 heteroatoms. The molecule has 1 aliphatic carbocycles. The quantitative estimate of drug-likeness (QED) is 0.832. The molecule has 0 saturated heterocycles. The fraction of sp³-hybridized carbons (Fsp3) is 0.875. The summed E-state index contributed by atoms with van der Waals surface area (Å²) >= 11 is 0. The molecule has 2 rings (SSSR count). The molecule has 120 valence electrons. The second-order valence-corrected chi connectivity index (χ2v) is 6.02. The Kier molecular flexibility index (Phi) is 6.18. The Labute approximate surface area is 127 Å². The Morgan fingerprint density at radius 1 is 1.29 bits per heavy atom. The van der Waals surface area contributed by atoms with Gasteiger partial charge in [-0.2, -0.15) is 4.98 Å². The van der Waals surface area contributed by atoms with Crippen LogP contribution in [-0.4, -0.2) is 28.0 Å². The third-order valence-electron chi connectivity index (χ3n) is 4.48. The van der Waals surface area contributed by atoms with Crippen LogP contribution in [0.2, 0.25) is 0 Å². The van der Waals surface area contributed by atoms with Crippen LogP contribution in [0.15, 0.2) is 4.52 Å². The fourth-order valence-corrected chi connectivity index (χ4v) is 3.27. The van der Waals surface area contributed by atoms with E-state index in [1.165, 1.54) is 32.1 Å². The molecule has 3 unspecified atom stereocenters. The Bertz CT molecular complexity index is 413. The molecule has 5 nitrogen and oxygen atoms in total. The van der Waals surface area contributed by atoms with Crippen LogP contribution in [0.4, 0.5) is 0 Å². The van der Waals surface area contributed by atoms with Crippen molar-refractivity contribution >= 4 is 0 Å². The van der Waals surface area contributed by atoms with Crippen molar-refractivity contribution in [3.8, 4) is 0 Å². The lowest BCUT2D eigenvalue weighted by Crippen LogP contribution is -2.20. The van der Waals surface area contributed by atoms with E-state index in [4.69, 9.17) is 9.26 Å². The molecular weight excluding hydrogens is 268 g/mol. The predicted octanol–water partition coefficient (Wildman–Crippen LogP) is 3.60. The number of hydrogen-bond acceptors (Lipinski definition) is 5. The highest BCUT2D eigenvalue weighted by molar-refractivity contribution is 5.00. The molecule has 0 aliphatic heterocycles. The minimum Gasteiger partial charge on any atom is -0.393 e. The van der Waals surface area contributed by atoms with Gasteiger partial charge in [-0.15, -0.1) is 0 Å². The molecule has 0 radical (unpaired) electrons. The summed E-state index contributed by atoms with van der Waals surface area (Å²) in [5.41, 5.74) is 0. The smallest absolute Gasteiger partial charge is 0.232 e. The molecule has 1 fully saturated rings. The number of aliphatic hydroxyl groups is 1. The van der Waals surface area contributed by atoms with Crippen LogP contribution in [0.1, 0.15) is 83.0 Å². The van der Waals surface area contributed by atoms with Crippen LogP contribution in [0.25, 0.3) is 0 Å². The standard InChI is InChI=1S/C16H28N2O3/c1-4-13(11(3)19)16-17-15(18-21-16)14(20-5-2)12-9-7-6-8-10-12/h11-14,19H,4-10H2,1-3H3. The SMILES string of the molecule is CCOC(c1noc(C(CC)C(C)O)n1)C1CCCCC1. The van der Waals surface area contributed by atoms with Crippen molar-refractivity contribution < 1.29 is 14.4 Å². The van der Waals surface area contributed by atoms with Gasteiger partial charge in [0.2, 0.25) is 11.7 Å². The first-order valence-corrected chi connectivity index (χ1v) is 8.30. The monoisotopic (exact) mass is 296 g/mol. The summed E-state index contributed by atoms with van der Waals surface area (Å²) in [7, 11) is 0. The zero-order valence-corrected chi connectivity index (χ0v) is 13.4. The Morgan fingerprint density at radius 2 is 2.00 bits per heavy atom. The molecule has 21 heavy (non-hydrogen) atoms. The summed E-state index contributed by atoms with van der Waals surface area (Å²) in [5, 5.41) is 13.9. The molecule has 0 amide bonds. The summed E-state index contributed by atoms with van der Waals surface area (Å²) in [6.07, 6.45) is 6.39. The van der Waals surface area contributed by atoms with Gasteiger partial charge in [-0.1, -0.05) is 31.3 Å². The van der Waals surface area contributed by atoms with E-state index in [1.807, 2.05) is 13.8 Å². The van der Waals surface area contributed by atoms with Gasteiger partial charge >= 0.3 is 0 Å². The summed E-state index contributed by atoms with van der Waals surface area (Å²) in [6.45, 7) is 6.43. The molecule has 0 bridgehead atoms. The fourth-order valence-electron chi connectivity index (χ4n) is 3.27. The lowest BCUT2D eigenvalue weighted by molar-refractivity contribution is -0.00145. The second-order valence-electron chi connectivity index (χ2n) is 6.02. The lowest BCUT2D eigenvalue weighted by atomic mass is 9.85. The number of aromatic nitrogens is 2. The third-order valence-corrected chi connectivity index (χ3v) is 4.48. The topological polar surface area (TPSA) is 68.4 Å². The highest BCUT2D eigenvalue weighted by atomic mass is 16.5. The molecule has 1 aliphatic rings. The highest BCUT2D eigenvalue weighted by Crippen LogP contribution is 2.36. The zero-order chi connectivity index (χ0) is 15.2. The second kappa shape index (κ2) is 7.90. The van der Waals surface area contributed by atoms with Crippen LogP contribution in [0, 0.1) is 5.92 Å². The highest BCUT2D eigenvalue weighted by Gasteiger charge is 2.31. The van der Waals surface area contributed by atoms with Gasteiger partial charge in [0.15, 0.2) is 0 Å². The average molecular weight is 296 g/mol. The van der Waals surface area contributed by atoms with Crippen LogP contribution >= 0.6 is 0 Å². The maximum absolute atomic E-state index is 9.81. The van der Waals surface area contributed by atoms with E-state index in [-0.39, 0.29) is 12.0 Å². The normalized spacial score (nSPS) is 21.1. The number of hydrogen-bond donors (Lipinski definition) is 1. The Balaban J connectivity index is 2.14. The van der Waals surface area contributed by atoms with Gasteiger partial charge in [0.25, 0.3) is 0 Å². The van der Waals surface area contributed by atoms with Crippen molar-refractivity contribution in [3.63, 3.8) is 0 Å². The predicted molar refractivity (Wildman–Crippen MR) is 80.0 cm³/mol. The minimum absolute atomic E-state index is 0.0701. The summed E-state index contributed by atoms with van der Waals surface area (Å²) in [5.74, 6) is 1.57. The van der Waals surface area contributed by atoms with Crippen molar-refractivity contribution in [2.24, 2.45) is 5.92 Å². The van der Waals surface area contributed by atoms with Gasteiger partial charge in [0.05, 0.1) is 12.0 Å². The van der Waals surface area contributed by atoms with Crippen molar-refractivity contribution in [3.05, 3.63) is 11.7 Å². The van der Waals surface area contributed by atoms with E-state index in [9.17, 15) is 5.11 Å². The van der Waals surface area contributed by atoms with E-state index < -0.39 is 6.10 Å². The van der Waals surface area contributed by atoms with E-state index in [2.05, 4.69) is 10.1 Å². The van der Waals surface area contributed by atoms with Crippen molar-refractivity contribution in [1.29, 1.82) is 0 Å². The first kappa shape index (κ1) is 16.4. The zero-order valence-electron chi connectivity index (χ0n) is 13.4. The van der Waals surface area contributed by atoms with Gasteiger partial charge in [-0.3, -0.25) is 0 Å². The molecule has 1 saturated carbocycles. The van der Waals surface area contributed by atoms with E-state index in [1.54, 1.807) is 6.92 Å². The van der Waals surface area contributed by atoms with E-state index in [0.29, 0.717) is 24.2 Å². The molecule has 0 spiro atoms. The molecule has 0 aromatic carbocycles. The maximum Gasteiger partial charge on any atom is 0.232 e. The van der Waals surface area contributed by atoms with Crippen molar-refractivity contribution in [2.75, 3.05) is 6.61 Å². The Morgan fingerprint density at radius 3 is 2.57 bits per heavy atom. The van der Waals surface area contributed by atoms with Crippen LogP contribution < -0.4 is 0 Å². The number of aliphatic hydroxyl groups excluding tert-OH is 1. The van der Waals surface area contributed by atoms with Crippen molar-refractivity contribution in [2.45, 2.75) is 77.4 Å². The van der Waals surface area contributed by atoms with Gasteiger partial charge in [0, 0.05) is 6.61 Å². The van der Waals surface area contributed by atoms with Gasteiger partial charge < -0.3 is 14.4 Å². The molecule has 1 aromatic rings. The van der Waals surface area contributed by atoms with Gasteiger partial charge in [-0.05, 0) is 39.0 Å². The van der Waals surface area contributed by atoms with Crippen LogP contribution in [-0.2, 0) is 4.74 Å². The number of ether oxygens (including phenoxy) is 1. The molecular formula is C16H28N2O3. The summed E-state index contributed by atoms with van der Waals surface area (Å²) < 4.78 is 11.3. The third kappa shape index (κ3) is 4.04. The maximum atomic E-state index is 9.81. The van der Waals surface area contributed by atoms with Crippen LogP contribution in [0.5, 0.6) is 0 Å². The first-order valence-electron chi connectivity index (χ1n) is 8.30. The van der Waals surface area contributed by atoms with Crippen LogP contribution in [0.3, 0.4) is 0 Å². The number of rotatable bonds is 7. The number of nitrogens with zero attached hydrogens (tertiary/aromatic N) is 2. The van der Waals surface area contributed by atoms with Gasteiger partial charge in [-0.25, -0.2) is 0 Å². The average Bonchev–Trinajstić information content (AvgIpc) is 2.95. The lowest BCUT2D eigenvalue weighted by Gasteiger charge is -2.27. The molecule has 1 aromatic heterocycles. The summed E-state index contributed by atoms with van der Waals surface area (Å²) in [6, 6.07) is 0. The minimum atomic E-state index is -0.483. The largest absolute Gasteiger partial charge is 0.393 e. The summed E-state index contributed by atoms with van der Waals surface area (Å²) in [4.78, 5) is 4.53.